The molecule has 1 heterocycles. The molecule has 4 nitrogen and oxygen atoms in total. The average Bonchev–Trinajstić information content (AvgIpc) is 2.85. The molecule has 1 aromatic heterocycles. The third kappa shape index (κ3) is 2.73. The first kappa shape index (κ1) is 17.6. The fourth-order valence-corrected chi connectivity index (χ4v) is 3.38. The molecule has 0 aliphatic heterocycles. The summed E-state index contributed by atoms with van der Waals surface area (Å²) in [5, 5.41) is 19.9. The first-order chi connectivity index (χ1) is 11.7. The maximum atomic E-state index is 14.6. The van der Waals surface area contributed by atoms with Crippen molar-refractivity contribution in [2.24, 2.45) is 0 Å². The number of rotatable bonds is 3. The van der Waals surface area contributed by atoms with Crippen molar-refractivity contribution < 1.29 is 19.4 Å². The molecule has 0 saturated heterocycles. The predicted molar refractivity (Wildman–Crippen MR) is 95.7 cm³/mol. The second kappa shape index (κ2) is 6.24. The van der Waals surface area contributed by atoms with Crippen molar-refractivity contribution in [3.63, 3.8) is 0 Å². The fraction of sp³-hybridized carbons (Fsp3) is 0.167. The quantitative estimate of drug-likeness (QED) is 0.648. The van der Waals surface area contributed by atoms with Crippen molar-refractivity contribution in [1.82, 2.24) is 4.57 Å². The van der Waals surface area contributed by atoms with Gasteiger partial charge >= 0.3 is 5.97 Å². The third-order valence-electron chi connectivity index (χ3n) is 4.30. The number of hydrogen-bond acceptors (Lipinski definition) is 2. The van der Waals surface area contributed by atoms with Gasteiger partial charge in [-0.25, -0.2) is 4.39 Å². The summed E-state index contributed by atoms with van der Waals surface area (Å²) in [6.45, 7) is 3.18. The van der Waals surface area contributed by atoms with Gasteiger partial charge in [0.2, 0.25) is 0 Å². The van der Waals surface area contributed by atoms with Gasteiger partial charge in [-0.15, -0.1) is 0 Å². The van der Waals surface area contributed by atoms with Crippen LogP contribution < -0.4 is 0 Å². The smallest absolute Gasteiger partial charge is 0.310 e. The number of aromatic hydroxyl groups is 1. The van der Waals surface area contributed by atoms with E-state index in [1.54, 1.807) is 35.8 Å². The maximum Gasteiger partial charge on any atom is 0.310 e. The van der Waals surface area contributed by atoms with Crippen LogP contribution in [0.4, 0.5) is 4.39 Å². The molecule has 0 aliphatic carbocycles. The Labute approximate surface area is 153 Å². The normalized spacial score (nSPS) is 12.5. The van der Waals surface area contributed by atoms with E-state index in [1.807, 2.05) is 0 Å². The number of halogens is 3. The van der Waals surface area contributed by atoms with Crippen LogP contribution in [0.2, 0.25) is 10.0 Å². The van der Waals surface area contributed by atoms with Gasteiger partial charge in [-0.1, -0.05) is 23.2 Å². The van der Waals surface area contributed by atoms with E-state index in [4.69, 9.17) is 23.2 Å². The highest BCUT2D eigenvalue weighted by Crippen LogP contribution is 2.39. The number of nitrogens with zero attached hydrogens (tertiary/aromatic N) is 1. The lowest BCUT2D eigenvalue weighted by molar-refractivity contribution is -0.138. The number of fused-ring (bicyclic) bond motifs is 1. The van der Waals surface area contributed by atoms with Crippen LogP contribution in [-0.4, -0.2) is 20.7 Å². The molecule has 0 fully saturated rings. The number of carboxylic acids is 1. The molecule has 7 heteroatoms. The monoisotopic (exact) mass is 381 g/mol. The van der Waals surface area contributed by atoms with Crippen LogP contribution in [0.3, 0.4) is 0 Å². The zero-order valence-corrected chi connectivity index (χ0v) is 14.9. The van der Waals surface area contributed by atoms with Gasteiger partial charge in [0, 0.05) is 16.8 Å². The van der Waals surface area contributed by atoms with Crippen LogP contribution in [0.15, 0.2) is 30.3 Å². The lowest BCUT2D eigenvalue weighted by Gasteiger charge is -2.11. The van der Waals surface area contributed by atoms with E-state index in [9.17, 15) is 19.4 Å². The van der Waals surface area contributed by atoms with E-state index >= 15 is 0 Å². The molecule has 0 radical (unpaired) electrons. The average molecular weight is 382 g/mol. The number of aliphatic carboxylic acids is 1. The highest BCUT2D eigenvalue weighted by molar-refractivity contribution is 6.42. The molecule has 0 spiro atoms. The molecule has 130 valence electrons. The highest BCUT2D eigenvalue weighted by Gasteiger charge is 2.27. The molecule has 2 aromatic carbocycles. The fourth-order valence-electron chi connectivity index (χ4n) is 3.09. The Morgan fingerprint density at radius 2 is 1.88 bits per heavy atom. The number of carbonyl (C=O) groups is 1. The van der Waals surface area contributed by atoms with Gasteiger partial charge in [0.05, 0.1) is 21.5 Å². The summed E-state index contributed by atoms with van der Waals surface area (Å²) in [5.41, 5.74) is 1.91. The van der Waals surface area contributed by atoms with Gasteiger partial charge in [0.1, 0.15) is 0 Å². The molecule has 0 saturated carbocycles. The number of phenolic OH excluding ortho intramolecular Hbond substituents is 1. The van der Waals surface area contributed by atoms with Crippen molar-refractivity contribution in [1.29, 1.82) is 0 Å². The highest BCUT2D eigenvalue weighted by atomic mass is 35.5. The summed E-state index contributed by atoms with van der Waals surface area (Å²) in [6, 6.07) is 7.72. The van der Waals surface area contributed by atoms with Crippen molar-refractivity contribution in [2.45, 2.75) is 19.8 Å². The van der Waals surface area contributed by atoms with Crippen molar-refractivity contribution in [3.05, 3.63) is 57.5 Å². The molecular weight excluding hydrogens is 368 g/mol. The van der Waals surface area contributed by atoms with E-state index in [1.165, 1.54) is 13.0 Å². The molecule has 0 bridgehead atoms. The number of aromatic nitrogens is 1. The summed E-state index contributed by atoms with van der Waals surface area (Å²) in [5.74, 6) is -3.41. The maximum absolute atomic E-state index is 14.6. The Balaban J connectivity index is 2.44. The van der Waals surface area contributed by atoms with E-state index in [0.717, 1.165) is 0 Å². The zero-order chi connectivity index (χ0) is 18.5. The molecule has 25 heavy (non-hydrogen) atoms. The lowest BCUT2D eigenvalue weighted by atomic mass is 9.97. The molecule has 0 unspecified atom stereocenters. The van der Waals surface area contributed by atoms with Gasteiger partial charge < -0.3 is 14.8 Å². The van der Waals surface area contributed by atoms with E-state index < -0.39 is 23.5 Å². The lowest BCUT2D eigenvalue weighted by Crippen LogP contribution is -2.09. The van der Waals surface area contributed by atoms with Crippen molar-refractivity contribution >= 4 is 40.1 Å². The van der Waals surface area contributed by atoms with Crippen molar-refractivity contribution in [2.75, 3.05) is 0 Å². The molecule has 3 aromatic rings. The van der Waals surface area contributed by atoms with Gasteiger partial charge in [-0.2, -0.15) is 0 Å². The minimum absolute atomic E-state index is 0.0819. The summed E-state index contributed by atoms with van der Waals surface area (Å²) in [7, 11) is 0. The molecule has 2 N–H and O–H groups in total. The summed E-state index contributed by atoms with van der Waals surface area (Å²) in [4.78, 5) is 11.5. The number of phenols is 1. The minimum atomic E-state index is -1.08. The summed E-state index contributed by atoms with van der Waals surface area (Å²) < 4.78 is 16.3. The number of hydrogen-bond donors (Lipinski definition) is 2. The molecule has 1 atom stereocenters. The zero-order valence-electron chi connectivity index (χ0n) is 13.3. The molecule has 0 amide bonds. The van der Waals surface area contributed by atoms with Crippen LogP contribution in [0.5, 0.6) is 5.75 Å². The van der Waals surface area contributed by atoms with Crippen LogP contribution in [-0.2, 0) is 4.79 Å². The standard InChI is InChI=1S/C18H14Cl2FNO3/c1-8(18(24)25)15-9(2)22(10-3-4-11(19)12(20)7-10)13-5-6-14(23)17(21)16(13)15/h3-8,23H,1-2H3,(H,24,25)/t8-/m0/s1. The Kier molecular flexibility index (Phi) is 4.39. The van der Waals surface area contributed by atoms with E-state index in [2.05, 4.69) is 0 Å². The van der Waals surface area contributed by atoms with Gasteiger partial charge in [0.15, 0.2) is 11.6 Å². The second-order valence-electron chi connectivity index (χ2n) is 5.79. The van der Waals surface area contributed by atoms with Gasteiger partial charge in [-0.3, -0.25) is 4.79 Å². The predicted octanol–water partition coefficient (Wildman–Crippen LogP) is 5.28. The largest absolute Gasteiger partial charge is 0.505 e. The van der Waals surface area contributed by atoms with E-state index in [-0.39, 0.29) is 5.39 Å². The Bertz CT molecular complexity index is 1010. The van der Waals surface area contributed by atoms with Crippen molar-refractivity contribution in [3.8, 4) is 11.4 Å². The van der Waals surface area contributed by atoms with Gasteiger partial charge in [-0.05, 0) is 49.7 Å². The Hall–Kier alpha value is -2.24. The number of benzene rings is 2. The molecule has 0 aliphatic rings. The summed E-state index contributed by atoms with van der Waals surface area (Å²) in [6.07, 6.45) is 0. The first-order valence-corrected chi connectivity index (χ1v) is 8.20. The van der Waals surface area contributed by atoms with Crippen LogP contribution in [0.1, 0.15) is 24.1 Å². The second-order valence-corrected chi connectivity index (χ2v) is 6.60. The molecular formula is C18H14Cl2FNO3. The third-order valence-corrected chi connectivity index (χ3v) is 5.04. The SMILES string of the molecule is Cc1c([C@H](C)C(=O)O)c2c(F)c(O)ccc2n1-c1ccc(Cl)c(Cl)c1. The topological polar surface area (TPSA) is 62.5 Å². The number of carboxylic acid groups (broad SMARTS) is 1. The summed E-state index contributed by atoms with van der Waals surface area (Å²) >= 11 is 12.0. The molecule has 3 rings (SSSR count). The van der Waals surface area contributed by atoms with E-state index in [0.29, 0.717) is 32.5 Å². The van der Waals surface area contributed by atoms with Crippen LogP contribution in [0.25, 0.3) is 16.6 Å². The minimum Gasteiger partial charge on any atom is -0.505 e. The van der Waals surface area contributed by atoms with Gasteiger partial charge in [0.25, 0.3) is 0 Å². The Morgan fingerprint density at radius 1 is 1.20 bits per heavy atom. The van der Waals surface area contributed by atoms with Crippen LogP contribution in [0, 0.1) is 12.7 Å². The Morgan fingerprint density at radius 3 is 2.48 bits per heavy atom. The first-order valence-electron chi connectivity index (χ1n) is 7.44. The van der Waals surface area contributed by atoms with Crippen LogP contribution >= 0.6 is 23.2 Å².